The van der Waals surface area contributed by atoms with E-state index in [0.29, 0.717) is 12.5 Å². The molecule has 13 heteroatoms. The summed E-state index contributed by atoms with van der Waals surface area (Å²) >= 11 is 0. The zero-order chi connectivity index (χ0) is 27.5. The molecule has 0 fully saturated rings. The number of hydrogen-bond donors (Lipinski definition) is 6. The standard InChI is InChI=1S/C23H36N3O9P/c1-5-20(28)26-23(22(30)31,25-16(4)27)19(14-21(29)24-13-7-6-8-15(2)3)17-9-11-18(12-10-17)35-36(32,33)34/h9-12,15,19H,5-8,13-14H2,1-4H3,(H,24,29)(H,25,27)(H,26,28)(H,30,31)(H2,32,33,34). The fraction of sp³-hybridized carbons (Fsp3) is 0.565. The second-order valence-corrected chi connectivity index (χ2v) is 10.0. The second-order valence-electron chi connectivity index (χ2n) is 8.84. The van der Waals surface area contributed by atoms with Crippen molar-refractivity contribution in [2.45, 2.75) is 71.4 Å². The van der Waals surface area contributed by atoms with Crippen molar-refractivity contribution in [3.8, 4) is 5.75 Å². The van der Waals surface area contributed by atoms with Crippen molar-refractivity contribution in [3.63, 3.8) is 0 Å². The van der Waals surface area contributed by atoms with Gasteiger partial charge < -0.3 is 25.6 Å². The molecule has 0 aromatic heterocycles. The maximum atomic E-state index is 12.8. The predicted molar refractivity (Wildman–Crippen MR) is 131 cm³/mol. The molecule has 0 aliphatic heterocycles. The number of rotatable bonds is 15. The van der Waals surface area contributed by atoms with E-state index in [2.05, 4.69) is 34.3 Å². The van der Waals surface area contributed by atoms with Gasteiger partial charge in [0.15, 0.2) is 0 Å². The Morgan fingerprint density at radius 3 is 2.11 bits per heavy atom. The van der Waals surface area contributed by atoms with E-state index in [4.69, 9.17) is 9.79 Å². The molecule has 0 heterocycles. The fourth-order valence-corrected chi connectivity index (χ4v) is 4.03. The van der Waals surface area contributed by atoms with Crippen LogP contribution in [0.2, 0.25) is 0 Å². The Morgan fingerprint density at radius 2 is 1.64 bits per heavy atom. The van der Waals surface area contributed by atoms with Gasteiger partial charge in [-0.25, -0.2) is 9.36 Å². The van der Waals surface area contributed by atoms with E-state index in [1.807, 2.05) is 0 Å². The average Bonchev–Trinajstić information content (AvgIpc) is 2.75. The summed E-state index contributed by atoms with van der Waals surface area (Å²) in [6.07, 6.45) is 2.12. The van der Waals surface area contributed by atoms with Gasteiger partial charge in [-0.2, -0.15) is 0 Å². The van der Waals surface area contributed by atoms with E-state index < -0.39 is 49.5 Å². The molecule has 2 unspecified atom stereocenters. The SMILES string of the molecule is CCC(=O)NC(NC(C)=O)(C(=O)O)C(CC(=O)NCCCCC(C)C)c1ccc(OP(=O)(O)O)cc1. The molecule has 1 rings (SSSR count). The summed E-state index contributed by atoms with van der Waals surface area (Å²) in [7, 11) is -4.84. The largest absolute Gasteiger partial charge is 0.524 e. The van der Waals surface area contributed by atoms with E-state index in [0.717, 1.165) is 26.2 Å². The van der Waals surface area contributed by atoms with Crippen LogP contribution in [-0.2, 0) is 23.7 Å². The Labute approximate surface area is 210 Å². The lowest BCUT2D eigenvalue weighted by molar-refractivity contribution is -0.153. The normalized spacial score (nSPS) is 13.9. The summed E-state index contributed by atoms with van der Waals surface area (Å²) in [5.41, 5.74) is -2.17. The molecule has 0 saturated heterocycles. The number of carbonyl (C=O) groups excluding carboxylic acids is 3. The maximum Gasteiger partial charge on any atom is 0.524 e. The lowest BCUT2D eigenvalue weighted by Crippen LogP contribution is -2.68. The molecule has 1 aromatic carbocycles. The first-order chi connectivity index (χ1) is 16.7. The predicted octanol–water partition coefficient (Wildman–Crippen LogP) is 2.02. The van der Waals surface area contributed by atoms with Crippen LogP contribution in [0.3, 0.4) is 0 Å². The van der Waals surface area contributed by atoms with E-state index in [1.165, 1.54) is 31.2 Å². The Morgan fingerprint density at radius 1 is 1.03 bits per heavy atom. The first-order valence-electron chi connectivity index (χ1n) is 11.6. The Kier molecular flexibility index (Phi) is 12.1. The van der Waals surface area contributed by atoms with Crippen LogP contribution < -0.4 is 20.5 Å². The molecule has 0 aliphatic carbocycles. The van der Waals surface area contributed by atoms with Crippen molar-refractivity contribution in [2.24, 2.45) is 5.92 Å². The van der Waals surface area contributed by atoms with Crippen molar-refractivity contribution in [2.75, 3.05) is 6.54 Å². The maximum absolute atomic E-state index is 12.8. The minimum absolute atomic E-state index is 0.0849. The van der Waals surface area contributed by atoms with Crippen LogP contribution in [0.15, 0.2) is 24.3 Å². The number of aliphatic carboxylic acids is 1. The molecule has 0 aliphatic rings. The topological polar surface area (TPSA) is 191 Å². The number of phosphoric ester groups is 1. The third-order valence-electron chi connectivity index (χ3n) is 5.32. The molecule has 202 valence electrons. The number of unbranched alkanes of at least 4 members (excludes halogenated alkanes) is 1. The van der Waals surface area contributed by atoms with Crippen LogP contribution in [0, 0.1) is 5.92 Å². The van der Waals surface area contributed by atoms with Gasteiger partial charge in [-0.15, -0.1) is 0 Å². The molecule has 6 N–H and O–H groups in total. The average molecular weight is 530 g/mol. The lowest BCUT2D eigenvalue weighted by atomic mass is 9.82. The summed E-state index contributed by atoms with van der Waals surface area (Å²) < 4.78 is 15.6. The molecular weight excluding hydrogens is 493 g/mol. The van der Waals surface area contributed by atoms with Crippen molar-refractivity contribution in [1.82, 2.24) is 16.0 Å². The zero-order valence-corrected chi connectivity index (χ0v) is 21.8. The van der Waals surface area contributed by atoms with Gasteiger partial charge in [0, 0.05) is 32.2 Å². The van der Waals surface area contributed by atoms with Gasteiger partial charge >= 0.3 is 13.8 Å². The molecule has 2 atom stereocenters. The molecule has 12 nitrogen and oxygen atoms in total. The molecule has 0 saturated carbocycles. The van der Waals surface area contributed by atoms with Gasteiger partial charge in [0.05, 0.1) is 0 Å². The molecule has 0 radical (unpaired) electrons. The van der Waals surface area contributed by atoms with Crippen molar-refractivity contribution < 1.29 is 43.2 Å². The minimum atomic E-state index is -4.84. The van der Waals surface area contributed by atoms with Crippen molar-refractivity contribution >= 4 is 31.5 Å². The van der Waals surface area contributed by atoms with Crippen LogP contribution in [0.1, 0.15) is 71.3 Å². The number of phosphoric acid groups is 1. The van der Waals surface area contributed by atoms with E-state index in [1.54, 1.807) is 0 Å². The van der Waals surface area contributed by atoms with Crippen molar-refractivity contribution in [3.05, 3.63) is 29.8 Å². The summed E-state index contributed by atoms with van der Waals surface area (Å²) in [6.45, 7) is 7.14. The van der Waals surface area contributed by atoms with E-state index in [-0.39, 0.29) is 17.7 Å². The first kappa shape index (κ1) is 31.1. The number of amides is 3. The third-order valence-corrected chi connectivity index (χ3v) is 5.77. The summed E-state index contributed by atoms with van der Waals surface area (Å²) in [5.74, 6) is -4.47. The molecule has 0 spiro atoms. The fourth-order valence-electron chi connectivity index (χ4n) is 3.63. The van der Waals surface area contributed by atoms with Gasteiger partial charge in [0.25, 0.3) is 0 Å². The minimum Gasteiger partial charge on any atom is -0.478 e. The van der Waals surface area contributed by atoms with Gasteiger partial charge in [0.2, 0.25) is 23.4 Å². The highest BCUT2D eigenvalue weighted by Gasteiger charge is 2.49. The van der Waals surface area contributed by atoms with Gasteiger partial charge in [-0.05, 0) is 30.0 Å². The smallest absolute Gasteiger partial charge is 0.478 e. The van der Waals surface area contributed by atoms with Crippen LogP contribution in [0.5, 0.6) is 5.75 Å². The van der Waals surface area contributed by atoms with E-state index in [9.17, 15) is 28.8 Å². The van der Waals surface area contributed by atoms with Crippen molar-refractivity contribution in [1.29, 1.82) is 0 Å². The highest BCUT2D eigenvalue weighted by molar-refractivity contribution is 7.46. The molecular formula is C23H36N3O9P. The zero-order valence-electron chi connectivity index (χ0n) is 20.9. The highest BCUT2D eigenvalue weighted by Crippen LogP contribution is 2.39. The van der Waals surface area contributed by atoms with Gasteiger partial charge in [0.1, 0.15) is 5.75 Å². The number of benzene rings is 1. The Bertz CT molecular complexity index is 962. The van der Waals surface area contributed by atoms with Crippen LogP contribution in [-0.4, -0.2) is 50.8 Å². The molecule has 3 amide bonds. The van der Waals surface area contributed by atoms with Gasteiger partial charge in [-0.3, -0.25) is 24.2 Å². The monoisotopic (exact) mass is 529 g/mol. The number of hydrogen-bond acceptors (Lipinski definition) is 6. The Balaban J connectivity index is 3.37. The quantitative estimate of drug-likeness (QED) is 0.112. The van der Waals surface area contributed by atoms with Crippen LogP contribution >= 0.6 is 7.82 Å². The molecule has 0 bridgehead atoms. The summed E-state index contributed by atoms with van der Waals surface area (Å²) in [4.78, 5) is 67.7. The summed E-state index contributed by atoms with van der Waals surface area (Å²) in [5, 5.41) is 17.6. The third kappa shape index (κ3) is 10.3. The van der Waals surface area contributed by atoms with Crippen LogP contribution in [0.25, 0.3) is 0 Å². The first-order valence-corrected chi connectivity index (χ1v) is 13.2. The molecule has 1 aromatic rings. The second kappa shape index (κ2) is 14.0. The number of carboxylic acid groups (broad SMARTS) is 1. The van der Waals surface area contributed by atoms with Gasteiger partial charge in [-0.1, -0.05) is 45.7 Å². The Hall–Kier alpha value is -2.95. The number of nitrogens with one attached hydrogen (secondary N) is 3. The number of carbonyl (C=O) groups is 4. The lowest BCUT2D eigenvalue weighted by Gasteiger charge is -2.38. The number of carboxylic acids is 1. The summed E-state index contributed by atoms with van der Waals surface area (Å²) in [6, 6.07) is 4.99. The highest BCUT2D eigenvalue weighted by atomic mass is 31.2. The van der Waals surface area contributed by atoms with E-state index >= 15 is 0 Å². The molecule has 36 heavy (non-hydrogen) atoms. The van der Waals surface area contributed by atoms with Crippen LogP contribution in [0.4, 0.5) is 0 Å².